The highest BCUT2D eigenvalue weighted by Crippen LogP contribution is 2.24. The Bertz CT molecular complexity index is 266. The average Bonchev–Trinajstić information content (AvgIpc) is 2.27. The Hall–Kier alpha value is -0.520. The van der Waals surface area contributed by atoms with E-state index in [0.29, 0.717) is 12.0 Å². The van der Waals surface area contributed by atoms with E-state index in [4.69, 9.17) is 6.42 Å². The monoisotopic (exact) mass is 222 g/mol. The largest absolute Gasteiger partial charge is 0.309 e. The predicted octanol–water partition coefficient (Wildman–Crippen LogP) is 2.11. The molecule has 0 aliphatic carbocycles. The Morgan fingerprint density at radius 2 is 2.12 bits per heavy atom. The maximum atomic E-state index is 5.58. The van der Waals surface area contributed by atoms with Crippen LogP contribution < -0.4 is 5.32 Å². The van der Waals surface area contributed by atoms with Gasteiger partial charge < -0.3 is 5.32 Å². The van der Waals surface area contributed by atoms with Crippen molar-refractivity contribution in [3.05, 3.63) is 0 Å². The second-order valence-corrected chi connectivity index (χ2v) is 5.62. The van der Waals surface area contributed by atoms with Crippen LogP contribution in [-0.4, -0.2) is 35.6 Å². The van der Waals surface area contributed by atoms with Gasteiger partial charge in [-0.25, -0.2) is 0 Å². The first-order valence-corrected chi connectivity index (χ1v) is 6.40. The van der Waals surface area contributed by atoms with Crippen LogP contribution in [0.15, 0.2) is 0 Å². The van der Waals surface area contributed by atoms with Crippen LogP contribution in [0.3, 0.4) is 0 Å². The Labute approximate surface area is 101 Å². The molecular formula is C14H26N2. The van der Waals surface area contributed by atoms with Crippen molar-refractivity contribution < 1.29 is 0 Å². The van der Waals surface area contributed by atoms with Crippen LogP contribution in [0.4, 0.5) is 0 Å². The minimum absolute atomic E-state index is 0.219. The van der Waals surface area contributed by atoms with Crippen molar-refractivity contribution in [3.63, 3.8) is 0 Å². The molecule has 16 heavy (non-hydrogen) atoms. The van der Waals surface area contributed by atoms with E-state index in [0.717, 1.165) is 19.5 Å². The third-order valence-corrected chi connectivity index (χ3v) is 3.98. The number of terminal acetylenes is 1. The van der Waals surface area contributed by atoms with Crippen molar-refractivity contribution in [2.45, 2.75) is 58.7 Å². The van der Waals surface area contributed by atoms with Crippen molar-refractivity contribution in [2.75, 3.05) is 13.1 Å². The van der Waals surface area contributed by atoms with E-state index in [-0.39, 0.29) is 11.6 Å². The first-order valence-electron chi connectivity index (χ1n) is 6.40. The first kappa shape index (κ1) is 13.5. The number of nitrogens with zero attached hydrogens (tertiary/aromatic N) is 1. The van der Waals surface area contributed by atoms with Crippen LogP contribution in [0.25, 0.3) is 0 Å². The fourth-order valence-electron chi connectivity index (χ4n) is 2.42. The van der Waals surface area contributed by atoms with Crippen molar-refractivity contribution in [2.24, 2.45) is 5.92 Å². The van der Waals surface area contributed by atoms with E-state index in [1.807, 2.05) is 0 Å². The Balaban J connectivity index is 2.82. The second-order valence-electron chi connectivity index (χ2n) is 5.62. The number of nitrogens with one attached hydrogen (secondary N) is 1. The van der Waals surface area contributed by atoms with Gasteiger partial charge in [-0.3, -0.25) is 4.90 Å². The summed E-state index contributed by atoms with van der Waals surface area (Å²) in [6, 6.07) is 0.797. The summed E-state index contributed by atoms with van der Waals surface area (Å²) in [6.45, 7) is 13.3. The molecule has 0 radical (unpaired) electrons. The molecule has 1 saturated heterocycles. The molecule has 1 aliphatic heterocycles. The van der Waals surface area contributed by atoms with Crippen molar-refractivity contribution in [3.8, 4) is 12.3 Å². The van der Waals surface area contributed by atoms with E-state index in [1.165, 1.54) is 0 Å². The molecule has 2 nitrogen and oxygen atoms in total. The van der Waals surface area contributed by atoms with Crippen LogP contribution in [0, 0.1) is 18.3 Å². The molecule has 3 unspecified atom stereocenters. The molecule has 0 saturated carbocycles. The third kappa shape index (κ3) is 2.78. The van der Waals surface area contributed by atoms with Crippen LogP contribution in [0.5, 0.6) is 0 Å². The van der Waals surface area contributed by atoms with Crippen LogP contribution in [-0.2, 0) is 0 Å². The smallest absolute Gasteiger partial charge is 0.0686 e. The minimum atomic E-state index is 0.219. The zero-order valence-corrected chi connectivity index (χ0v) is 11.4. The normalized spacial score (nSPS) is 33.7. The molecular weight excluding hydrogens is 196 g/mol. The topological polar surface area (TPSA) is 15.3 Å². The Kier molecular flexibility index (Phi) is 4.41. The minimum Gasteiger partial charge on any atom is -0.309 e. The SMILES string of the molecule is C#CC(C)N1CC(C)(CC)NCC1C(C)C. The third-order valence-electron chi connectivity index (χ3n) is 3.98. The molecule has 1 N–H and O–H groups in total. The van der Waals surface area contributed by atoms with Gasteiger partial charge in [0.1, 0.15) is 0 Å². The molecule has 3 atom stereocenters. The maximum Gasteiger partial charge on any atom is 0.0686 e. The van der Waals surface area contributed by atoms with E-state index in [9.17, 15) is 0 Å². The lowest BCUT2D eigenvalue weighted by molar-refractivity contribution is 0.0469. The van der Waals surface area contributed by atoms with Crippen LogP contribution in [0.2, 0.25) is 0 Å². The van der Waals surface area contributed by atoms with Gasteiger partial charge in [0.25, 0.3) is 0 Å². The van der Waals surface area contributed by atoms with Gasteiger partial charge in [-0.2, -0.15) is 0 Å². The van der Waals surface area contributed by atoms with Crippen molar-refractivity contribution in [1.29, 1.82) is 0 Å². The van der Waals surface area contributed by atoms with E-state index in [2.05, 4.69) is 50.8 Å². The lowest BCUT2D eigenvalue weighted by Crippen LogP contribution is -2.65. The lowest BCUT2D eigenvalue weighted by atomic mass is 9.89. The average molecular weight is 222 g/mol. The fraction of sp³-hybridized carbons (Fsp3) is 0.857. The lowest BCUT2D eigenvalue weighted by Gasteiger charge is -2.49. The Morgan fingerprint density at radius 3 is 2.56 bits per heavy atom. The van der Waals surface area contributed by atoms with E-state index >= 15 is 0 Å². The molecule has 1 heterocycles. The highest BCUT2D eigenvalue weighted by atomic mass is 15.3. The highest BCUT2D eigenvalue weighted by Gasteiger charge is 2.37. The summed E-state index contributed by atoms with van der Waals surface area (Å²) in [5, 5.41) is 3.68. The van der Waals surface area contributed by atoms with Crippen LogP contribution >= 0.6 is 0 Å². The molecule has 0 spiro atoms. The summed E-state index contributed by atoms with van der Waals surface area (Å²) in [5.41, 5.74) is 0.219. The van der Waals surface area contributed by atoms with Gasteiger partial charge in [-0.05, 0) is 26.2 Å². The van der Waals surface area contributed by atoms with Crippen LogP contribution in [0.1, 0.15) is 41.0 Å². The summed E-state index contributed by atoms with van der Waals surface area (Å²) in [4.78, 5) is 2.49. The van der Waals surface area contributed by atoms with Gasteiger partial charge >= 0.3 is 0 Å². The van der Waals surface area contributed by atoms with E-state index in [1.54, 1.807) is 0 Å². The van der Waals surface area contributed by atoms with E-state index < -0.39 is 0 Å². The molecule has 0 aromatic carbocycles. The van der Waals surface area contributed by atoms with Crippen molar-refractivity contribution >= 4 is 0 Å². The summed E-state index contributed by atoms with van der Waals surface area (Å²) < 4.78 is 0. The molecule has 1 fully saturated rings. The molecule has 92 valence electrons. The summed E-state index contributed by atoms with van der Waals surface area (Å²) in [7, 11) is 0. The number of hydrogen-bond acceptors (Lipinski definition) is 2. The summed E-state index contributed by atoms with van der Waals surface area (Å²) in [5.74, 6) is 3.52. The quantitative estimate of drug-likeness (QED) is 0.736. The van der Waals surface area contributed by atoms with Gasteiger partial charge in [0.05, 0.1) is 6.04 Å². The fourth-order valence-corrected chi connectivity index (χ4v) is 2.42. The number of hydrogen-bond donors (Lipinski definition) is 1. The molecule has 0 aromatic rings. The zero-order valence-electron chi connectivity index (χ0n) is 11.4. The molecule has 0 aromatic heterocycles. The van der Waals surface area contributed by atoms with Gasteiger partial charge in [0.2, 0.25) is 0 Å². The summed E-state index contributed by atoms with van der Waals surface area (Å²) >= 11 is 0. The maximum absolute atomic E-state index is 5.58. The first-order chi connectivity index (χ1) is 7.43. The zero-order chi connectivity index (χ0) is 12.3. The highest BCUT2D eigenvalue weighted by molar-refractivity contribution is 5.04. The predicted molar refractivity (Wildman–Crippen MR) is 70.3 cm³/mol. The van der Waals surface area contributed by atoms with Crippen molar-refractivity contribution in [1.82, 2.24) is 10.2 Å². The Morgan fingerprint density at radius 1 is 1.50 bits per heavy atom. The molecule has 0 bridgehead atoms. The molecule has 2 heteroatoms. The van der Waals surface area contributed by atoms with Gasteiger partial charge in [0, 0.05) is 24.7 Å². The van der Waals surface area contributed by atoms with Gasteiger partial charge in [-0.15, -0.1) is 6.42 Å². The standard InChI is InChI=1S/C14H26N2/c1-7-12(5)16-10-14(6,8-2)15-9-13(16)11(3)4/h1,11-13,15H,8-10H2,2-6H3. The van der Waals surface area contributed by atoms with Gasteiger partial charge in [-0.1, -0.05) is 26.7 Å². The summed E-state index contributed by atoms with van der Waals surface area (Å²) in [6.07, 6.45) is 6.73. The molecule has 1 aliphatic rings. The van der Waals surface area contributed by atoms with Gasteiger partial charge in [0.15, 0.2) is 0 Å². The number of piperazine rings is 1. The molecule has 1 rings (SSSR count). The molecule has 0 amide bonds. The number of rotatable bonds is 3. The second kappa shape index (κ2) is 5.21.